The van der Waals surface area contributed by atoms with Crippen molar-refractivity contribution in [3.63, 3.8) is 0 Å². The third-order valence-electron chi connectivity index (χ3n) is 2.31. The van der Waals surface area contributed by atoms with E-state index in [9.17, 15) is 8.78 Å². The Bertz CT molecular complexity index is 552. The molecular weight excluding hydrogens is 318 g/mol. The van der Waals surface area contributed by atoms with Gasteiger partial charge in [0.1, 0.15) is 10.4 Å². The van der Waals surface area contributed by atoms with Crippen molar-refractivity contribution < 1.29 is 13.5 Å². The Morgan fingerprint density at radius 1 is 1.21 bits per heavy atom. The Balaban J connectivity index is 1.99. The first-order valence-electron chi connectivity index (χ1n) is 5.53. The van der Waals surface area contributed by atoms with Crippen molar-refractivity contribution in [2.75, 3.05) is 5.32 Å². The van der Waals surface area contributed by atoms with Gasteiger partial charge in [0.2, 0.25) is 0 Å². The predicted molar refractivity (Wildman–Crippen MR) is 72.3 cm³/mol. The van der Waals surface area contributed by atoms with Crippen molar-refractivity contribution in [3.8, 4) is 5.75 Å². The first-order chi connectivity index (χ1) is 9.13. The third-order valence-corrected chi connectivity index (χ3v) is 2.75. The quantitative estimate of drug-likeness (QED) is 0.840. The van der Waals surface area contributed by atoms with Gasteiger partial charge in [-0.25, -0.2) is 4.98 Å². The highest BCUT2D eigenvalue weighted by Gasteiger charge is 2.04. The van der Waals surface area contributed by atoms with E-state index in [2.05, 4.69) is 31.0 Å². The highest BCUT2D eigenvalue weighted by atomic mass is 79.9. The molecule has 0 atom stereocenters. The van der Waals surface area contributed by atoms with Crippen LogP contribution in [0.4, 0.5) is 14.5 Å². The fourth-order valence-electron chi connectivity index (χ4n) is 1.52. The number of nitrogens with zero attached hydrogens (tertiary/aromatic N) is 1. The third kappa shape index (κ3) is 4.48. The van der Waals surface area contributed by atoms with Crippen LogP contribution in [-0.4, -0.2) is 11.6 Å². The summed E-state index contributed by atoms with van der Waals surface area (Å²) < 4.78 is 29.3. The Labute approximate surface area is 117 Å². The summed E-state index contributed by atoms with van der Waals surface area (Å²) in [5.41, 5.74) is 1.54. The van der Waals surface area contributed by atoms with Crippen LogP contribution < -0.4 is 10.1 Å². The van der Waals surface area contributed by atoms with Gasteiger partial charge in [0.25, 0.3) is 0 Å². The van der Waals surface area contributed by atoms with Gasteiger partial charge in [0.05, 0.1) is 12.2 Å². The fourth-order valence-corrected chi connectivity index (χ4v) is 1.90. The molecule has 0 saturated carbocycles. The number of ether oxygens (including phenoxy) is 1. The highest BCUT2D eigenvalue weighted by molar-refractivity contribution is 9.10. The number of nitrogens with one attached hydrogen (secondary N) is 1. The summed E-state index contributed by atoms with van der Waals surface area (Å²) in [6, 6.07) is 12.0. The summed E-state index contributed by atoms with van der Waals surface area (Å²) in [5.74, 6) is 0.127. The molecule has 1 heterocycles. The van der Waals surface area contributed by atoms with Gasteiger partial charge in [-0.15, -0.1) is 0 Å². The molecule has 1 N–H and O–H groups in total. The van der Waals surface area contributed by atoms with Crippen molar-refractivity contribution in [2.24, 2.45) is 0 Å². The first-order valence-corrected chi connectivity index (χ1v) is 6.33. The summed E-state index contributed by atoms with van der Waals surface area (Å²) in [6.45, 7) is -2.32. The molecule has 0 spiro atoms. The Morgan fingerprint density at radius 2 is 2.00 bits per heavy atom. The van der Waals surface area contributed by atoms with Crippen LogP contribution in [0.25, 0.3) is 0 Å². The zero-order chi connectivity index (χ0) is 13.7. The molecule has 0 fully saturated rings. The van der Waals surface area contributed by atoms with Gasteiger partial charge >= 0.3 is 6.61 Å². The van der Waals surface area contributed by atoms with Crippen LogP contribution in [0.15, 0.2) is 47.1 Å². The van der Waals surface area contributed by atoms with Gasteiger partial charge in [0.15, 0.2) is 0 Å². The molecule has 1 aromatic heterocycles. The highest BCUT2D eigenvalue weighted by Crippen LogP contribution is 2.19. The van der Waals surface area contributed by atoms with Crippen LogP contribution >= 0.6 is 15.9 Å². The number of rotatable bonds is 5. The van der Waals surface area contributed by atoms with E-state index in [4.69, 9.17) is 0 Å². The molecule has 0 aliphatic heterocycles. The molecule has 19 heavy (non-hydrogen) atoms. The van der Waals surface area contributed by atoms with Gasteiger partial charge < -0.3 is 10.1 Å². The SMILES string of the molecule is FC(F)Oc1cccc(NCc2cccc(Br)n2)c1. The zero-order valence-electron chi connectivity index (χ0n) is 9.82. The lowest BCUT2D eigenvalue weighted by molar-refractivity contribution is -0.0498. The average molecular weight is 329 g/mol. The second-order valence-electron chi connectivity index (χ2n) is 3.71. The Hall–Kier alpha value is -1.69. The molecule has 6 heteroatoms. The molecule has 0 radical (unpaired) electrons. The smallest absolute Gasteiger partial charge is 0.387 e. The van der Waals surface area contributed by atoms with E-state index in [1.54, 1.807) is 12.1 Å². The summed E-state index contributed by atoms with van der Waals surface area (Å²) >= 11 is 3.28. The van der Waals surface area contributed by atoms with Crippen molar-refractivity contribution in [3.05, 3.63) is 52.8 Å². The van der Waals surface area contributed by atoms with Crippen molar-refractivity contribution in [1.29, 1.82) is 0 Å². The molecule has 0 bridgehead atoms. The summed E-state index contributed by atoms with van der Waals surface area (Å²) in [4.78, 5) is 4.26. The molecule has 0 unspecified atom stereocenters. The first kappa shape index (κ1) is 13.7. The minimum atomic E-state index is -2.82. The number of aromatic nitrogens is 1. The minimum absolute atomic E-state index is 0.127. The summed E-state index contributed by atoms with van der Waals surface area (Å²) in [5, 5.41) is 3.09. The average Bonchev–Trinajstić information content (AvgIpc) is 2.36. The van der Waals surface area contributed by atoms with Crippen LogP contribution in [-0.2, 0) is 6.54 Å². The fraction of sp³-hybridized carbons (Fsp3) is 0.154. The molecule has 100 valence electrons. The maximum atomic E-state index is 12.1. The van der Waals surface area contributed by atoms with E-state index >= 15 is 0 Å². The summed E-state index contributed by atoms with van der Waals surface area (Å²) in [6.07, 6.45) is 0. The van der Waals surface area contributed by atoms with Crippen LogP contribution in [0.3, 0.4) is 0 Å². The normalized spacial score (nSPS) is 10.5. The Morgan fingerprint density at radius 3 is 2.74 bits per heavy atom. The minimum Gasteiger partial charge on any atom is -0.435 e. The lowest BCUT2D eigenvalue weighted by Crippen LogP contribution is -2.04. The van der Waals surface area contributed by atoms with Gasteiger partial charge in [0, 0.05) is 11.8 Å². The lowest BCUT2D eigenvalue weighted by atomic mass is 10.3. The van der Waals surface area contributed by atoms with E-state index in [-0.39, 0.29) is 5.75 Å². The number of hydrogen-bond donors (Lipinski definition) is 1. The molecule has 0 saturated heterocycles. The number of alkyl halides is 2. The van der Waals surface area contributed by atoms with Crippen molar-refractivity contribution >= 4 is 21.6 Å². The molecule has 0 aliphatic carbocycles. The van der Waals surface area contributed by atoms with E-state index in [0.29, 0.717) is 12.2 Å². The van der Waals surface area contributed by atoms with E-state index in [1.165, 1.54) is 12.1 Å². The number of anilines is 1. The van der Waals surface area contributed by atoms with E-state index in [0.717, 1.165) is 10.3 Å². The molecule has 0 aliphatic rings. The van der Waals surface area contributed by atoms with Crippen LogP contribution in [0, 0.1) is 0 Å². The second-order valence-corrected chi connectivity index (χ2v) is 4.52. The topological polar surface area (TPSA) is 34.1 Å². The lowest BCUT2D eigenvalue weighted by Gasteiger charge is -2.09. The van der Waals surface area contributed by atoms with E-state index in [1.807, 2.05) is 18.2 Å². The predicted octanol–water partition coefficient (Wildman–Crippen LogP) is 4.06. The summed E-state index contributed by atoms with van der Waals surface area (Å²) in [7, 11) is 0. The van der Waals surface area contributed by atoms with E-state index < -0.39 is 6.61 Å². The molecule has 3 nitrogen and oxygen atoms in total. The Kier molecular flexibility index (Phi) is 4.68. The number of hydrogen-bond acceptors (Lipinski definition) is 3. The largest absolute Gasteiger partial charge is 0.435 e. The van der Waals surface area contributed by atoms with Gasteiger partial charge in [-0.3, -0.25) is 0 Å². The molecule has 2 rings (SSSR count). The standard InChI is InChI=1S/C13H11BrF2N2O/c14-12-6-2-4-10(18-12)8-17-9-3-1-5-11(7-9)19-13(15)16/h1-7,13,17H,8H2. The van der Waals surface area contributed by atoms with Crippen molar-refractivity contribution in [1.82, 2.24) is 4.98 Å². The monoisotopic (exact) mass is 328 g/mol. The van der Waals surface area contributed by atoms with Crippen LogP contribution in [0.1, 0.15) is 5.69 Å². The van der Waals surface area contributed by atoms with Crippen molar-refractivity contribution in [2.45, 2.75) is 13.2 Å². The molecular formula is C13H11BrF2N2O. The van der Waals surface area contributed by atoms with Crippen LogP contribution in [0.5, 0.6) is 5.75 Å². The molecule has 2 aromatic rings. The zero-order valence-corrected chi connectivity index (χ0v) is 11.4. The maximum absolute atomic E-state index is 12.1. The van der Waals surface area contributed by atoms with Crippen LogP contribution in [0.2, 0.25) is 0 Å². The molecule has 1 aromatic carbocycles. The number of halogens is 3. The van der Waals surface area contributed by atoms with Gasteiger partial charge in [-0.05, 0) is 40.2 Å². The molecule has 0 amide bonds. The van der Waals surface area contributed by atoms with Gasteiger partial charge in [-0.1, -0.05) is 12.1 Å². The number of pyridine rings is 1. The van der Waals surface area contributed by atoms with Gasteiger partial charge in [-0.2, -0.15) is 8.78 Å². The second kappa shape index (κ2) is 6.47. The maximum Gasteiger partial charge on any atom is 0.387 e. The number of benzene rings is 1.